The molecule has 0 saturated carbocycles. The number of aromatic nitrogens is 3. The second kappa shape index (κ2) is 6.67. The number of piperidine rings is 1. The first-order valence-corrected chi connectivity index (χ1v) is 8.93. The lowest BCUT2D eigenvalue weighted by Gasteiger charge is -2.33. The highest BCUT2D eigenvalue weighted by atomic mass is 16.2. The first-order valence-electron chi connectivity index (χ1n) is 8.93. The van der Waals surface area contributed by atoms with Crippen LogP contribution in [0.1, 0.15) is 47.3 Å². The SMILES string of the molecule is CCc1ccc(C2CCCN(C(=O)c3ccc4[nH]cnc4n3)C2)cc1. The summed E-state index contributed by atoms with van der Waals surface area (Å²) in [7, 11) is 0. The van der Waals surface area contributed by atoms with Crippen molar-refractivity contribution in [1.29, 1.82) is 0 Å². The topological polar surface area (TPSA) is 61.9 Å². The van der Waals surface area contributed by atoms with Gasteiger partial charge in [-0.1, -0.05) is 31.2 Å². The fourth-order valence-corrected chi connectivity index (χ4v) is 3.56. The smallest absolute Gasteiger partial charge is 0.272 e. The normalized spacial score (nSPS) is 17.8. The Morgan fingerprint density at radius 3 is 2.88 bits per heavy atom. The number of benzene rings is 1. The van der Waals surface area contributed by atoms with Crippen molar-refractivity contribution in [2.45, 2.75) is 32.1 Å². The summed E-state index contributed by atoms with van der Waals surface area (Å²) >= 11 is 0. The zero-order chi connectivity index (χ0) is 17.2. The molecule has 1 unspecified atom stereocenters. The molecule has 0 bridgehead atoms. The number of rotatable bonds is 3. The van der Waals surface area contributed by atoms with E-state index in [0.29, 0.717) is 17.3 Å². The van der Waals surface area contributed by atoms with Crippen LogP contribution in [0.5, 0.6) is 0 Å². The quantitative estimate of drug-likeness (QED) is 0.797. The molecule has 1 saturated heterocycles. The molecule has 25 heavy (non-hydrogen) atoms. The minimum atomic E-state index is -0.000205. The summed E-state index contributed by atoms with van der Waals surface area (Å²) in [6, 6.07) is 12.5. The van der Waals surface area contributed by atoms with Crippen molar-refractivity contribution in [2.24, 2.45) is 0 Å². The first kappa shape index (κ1) is 15.8. The second-order valence-electron chi connectivity index (χ2n) is 6.66. The number of amides is 1. The molecule has 1 aromatic carbocycles. The molecule has 128 valence electrons. The van der Waals surface area contributed by atoms with Crippen LogP contribution in [0, 0.1) is 0 Å². The summed E-state index contributed by atoms with van der Waals surface area (Å²) in [5.41, 5.74) is 4.59. The average Bonchev–Trinajstić information content (AvgIpc) is 3.15. The Hall–Kier alpha value is -2.69. The Balaban J connectivity index is 1.52. The standard InChI is InChI=1S/C20H22N4O/c1-2-14-5-7-15(8-6-14)16-4-3-11-24(12-16)20(25)18-10-9-17-19(23-18)22-13-21-17/h5-10,13,16H,2-4,11-12H2,1H3,(H,21,22,23). The molecule has 1 fully saturated rings. The number of aryl methyl sites for hydroxylation is 1. The lowest BCUT2D eigenvalue weighted by atomic mass is 9.90. The van der Waals surface area contributed by atoms with E-state index in [4.69, 9.17) is 0 Å². The molecule has 3 aromatic rings. The van der Waals surface area contributed by atoms with Gasteiger partial charge in [0.1, 0.15) is 5.69 Å². The Morgan fingerprint density at radius 2 is 2.08 bits per heavy atom. The molecule has 2 aromatic heterocycles. The third-order valence-corrected chi connectivity index (χ3v) is 5.07. The van der Waals surface area contributed by atoms with E-state index >= 15 is 0 Å². The van der Waals surface area contributed by atoms with E-state index in [1.807, 2.05) is 11.0 Å². The zero-order valence-electron chi connectivity index (χ0n) is 14.4. The highest BCUT2D eigenvalue weighted by molar-refractivity contribution is 5.94. The Labute approximate surface area is 147 Å². The molecule has 5 heteroatoms. The predicted octanol–water partition coefficient (Wildman–Crippen LogP) is 3.54. The van der Waals surface area contributed by atoms with Gasteiger partial charge in [0, 0.05) is 19.0 Å². The highest BCUT2D eigenvalue weighted by Gasteiger charge is 2.26. The van der Waals surface area contributed by atoms with Gasteiger partial charge in [0.25, 0.3) is 5.91 Å². The molecule has 0 radical (unpaired) electrons. The van der Waals surface area contributed by atoms with Gasteiger partial charge in [-0.15, -0.1) is 0 Å². The number of carbonyl (C=O) groups excluding carboxylic acids is 1. The van der Waals surface area contributed by atoms with Crippen LogP contribution in [-0.2, 0) is 6.42 Å². The van der Waals surface area contributed by atoms with Crippen molar-refractivity contribution in [3.05, 3.63) is 59.5 Å². The third kappa shape index (κ3) is 3.14. The van der Waals surface area contributed by atoms with Crippen LogP contribution in [0.4, 0.5) is 0 Å². The van der Waals surface area contributed by atoms with Crippen molar-refractivity contribution in [3.63, 3.8) is 0 Å². The number of likely N-dealkylation sites (tertiary alicyclic amines) is 1. The van der Waals surface area contributed by atoms with Crippen molar-refractivity contribution in [1.82, 2.24) is 19.9 Å². The Bertz CT molecular complexity index is 884. The molecular formula is C20H22N4O. The fraction of sp³-hybridized carbons (Fsp3) is 0.350. The van der Waals surface area contributed by atoms with Crippen LogP contribution < -0.4 is 0 Å². The molecule has 4 rings (SSSR count). The van der Waals surface area contributed by atoms with E-state index in [9.17, 15) is 4.79 Å². The number of H-pyrrole nitrogens is 1. The number of aromatic amines is 1. The van der Waals surface area contributed by atoms with Gasteiger partial charge in [0.05, 0.1) is 11.8 Å². The molecule has 1 atom stereocenters. The van der Waals surface area contributed by atoms with Crippen LogP contribution >= 0.6 is 0 Å². The van der Waals surface area contributed by atoms with E-state index < -0.39 is 0 Å². The Kier molecular flexibility index (Phi) is 4.22. The van der Waals surface area contributed by atoms with Gasteiger partial charge in [-0.3, -0.25) is 4.79 Å². The van der Waals surface area contributed by atoms with E-state index in [2.05, 4.69) is 46.1 Å². The summed E-state index contributed by atoms with van der Waals surface area (Å²) in [5, 5.41) is 0. The van der Waals surface area contributed by atoms with Gasteiger partial charge >= 0.3 is 0 Å². The maximum absolute atomic E-state index is 12.9. The van der Waals surface area contributed by atoms with Gasteiger partial charge in [-0.05, 0) is 42.5 Å². The lowest BCUT2D eigenvalue weighted by Crippen LogP contribution is -2.39. The number of imidazole rings is 1. The predicted molar refractivity (Wildman–Crippen MR) is 97.6 cm³/mol. The summed E-state index contributed by atoms with van der Waals surface area (Å²) in [4.78, 5) is 26.4. The number of nitrogens with zero attached hydrogens (tertiary/aromatic N) is 3. The minimum absolute atomic E-state index is 0.000205. The van der Waals surface area contributed by atoms with E-state index in [1.165, 1.54) is 11.1 Å². The maximum atomic E-state index is 12.9. The molecular weight excluding hydrogens is 312 g/mol. The number of hydrogen-bond donors (Lipinski definition) is 1. The molecule has 3 heterocycles. The van der Waals surface area contributed by atoms with Gasteiger partial charge in [-0.25, -0.2) is 9.97 Å². The summed E-state index contributed by atoms with van der Waals surface area (Å²) in [5.74, 6) is 0.400. The highest BCUT2D eigenvalue weighted by Crippen LogP contribution is 2.28. The van der Waals surface area contributed by atoms with E-state index in [1.54, 1.807) is 12.4 Å². The summed E-state index contributed by atoms with van der Waals surface area (Å²) in [6.45, 7) is 3.71. The molecule has 5 nitrogen and oxygen atoms in total. The molecule has 1 amide bonds. The number of fused-ring (bicyclic) bond motifs is 1. The van der Waals surface area contributed by atoms with Crippen molar-refractivity contribution in [3.8, 4) is 0 Å². The van der Waals surface area contributed by atoms with Crippen molar-refractivity contribution >= 4 is 17.1 Å². The number of hydrogen-bond acceptors (Lipinski definition) is 3. The third-order valence-electron chi connectivity index (χ3n) is 5.07. The largest absolute Gasteiger partial charge is 0.343 e. The van der Waals surface area contributed by atoms with Crippen molar-refractivity contribution < 1.29 is 4.79 Å². The van der Waals surface area contributed by atoms with Crippen LogP contribution in [0.25, 0.3) is 11.2 Å². The number of nitrogens with one attached hydrogen (secondary N) is 1. The fourth-order valence-electron chi connectivity index (χ4n) is 3.56. The molecule has 0 spiro atoms. The summed E-state index contributed by atoms with van der Waals surface area (Å²) in [6.07, 6.45) is 4.80. The van der Waals surface area contributed by atoms with Crippen molar-refractivity contribution in [2.75, 3.05) is 13.1 Å². The summed E-state index contributed by atoms with van der Waals surface area (Å²) < 4.78 is 0. The van der Waals surface area contributed by atoms with E-state index in [-0.39, 0.29) is 5.91 Å². The maximum Gasteiger partial charge on any atom is 0.272 e. The monoisotopic (exact) mass is 334 g/mol. The van der Waals surface area contributed by atoms with Crippen LogP contribution in [0.3, 0.4) is 0 Å². The van der Waals surface area contributed by atoms with Gasteiger partial charge in [0.2, 0.25) is 0 Å². The first-order chi connectivity index (χ1) is 12.2. The average molecular weight is 334 g/mol. The van der Waals surface area contributed by atoms with Gasteiger partial charge in [-0.2, -0.15) is 0 Å². The van der Waals surface area contributed by atoms with Gasteiger partial charge in [0.15, 0.2) is 5.65 Å². The second-order valence-corrected chi connectivity index (χ2v) is 6.66. The van der Waals surface area contributed by atoms with Gasteiger partial charge < -0.3 is 9.88 Å². The molecule has 1 aliphatic rings. The number of pyridine rings is 1. The molecule has 1 aliphatic heterocycles. The molecule has 0 aliphatic carbocycles. The van der Waals surface area contributed by atoms with Crippen LogP contribution in [0.2, 0.25) is 0 Å². The minimum Gasteiger partial charge on any atom is -0.343 e. The molecule has 1 N–H and O–H groups in total. The Morgan fingerprint density at radius 1 is 1.24 bits per heavy atom. The zero-order valence-corrected chi connectivity index (χ0v) is 14.4. The van der Waals surface area contributed by atoms with E-state index in [0.717, 1.165) is 37.9 Å². The number of carbonyl (C=O) groups is 1. The van der Waals surface area contributed by atoms with Crippen LogP contribution in [0.15, 0.2) is 42.7 Å². The van der Waals surface area contributed by atoms with Crippen LogP contribution in [-0.4, -0.2) is 38.8 Å². The lowest BCUT2D eigenvalue weighted by molar-refractivity contribution is 0.0701.